The van der Waals surface area contributed by atoms with Crippen molar-refractivity contribution < 1.29 is 26.5 Å². The number of alkyl halides is 4. The summed E-state index contributed by atoms with van der Waals surface area (Å²) in [6, 6.07) is 0. The molecule has 2 heterocycles. The van der Waals surface area contributed by atoms with E-state index in [4.69, 9.17) is 4.98 Å². The SMILES string of the molecule is Cc1nc(C)n2c1N(C(C)(C)C)NC(I(I)I)(I(I)[I-]I)C2(I(I)I(I)I)I(I)I(I)[I-]I. The molecule has 4 nitrogen and oxygen atoms in total. The third kappa shape index (κ3) is 8.83. The summed E-state index contributed by atoms with van der Waals surface area (Å²) < 4.78 is 3.87. The average molecular weight is 2490 g/mol. The van der Waals surface area contributed by atoms with Crippen LogP contribution in [-0.2, 0) is 1.55 Å². The number of aryl methyl sites for hydroxylation is 2. The third-order valence-electron chi connectivity index (χ3n) is 4.03. The van der Waals surface area contributed by atoms with E-state index in [0.29, 0.717) is 16.4 Å². The van der Waals surface area contributed by atoms with E-state index >= 15 is 0 Å². The molecule has 0 aromatic carbocycles. The summed E-state index contributed by atoms with van der Waals surface area (Å²) in [5.74, 6) is 2.76. The Bertz CT molecular complexity index is 829. The van der Waals surface area contributed by atoms with E-state index in [0.717, 1.165) is 0 Å². The zero-order valence-corrected chi connectivity index (χ0v) is 55.5. The van der Waals surface area contributed by atoms with Gasteiger partial charge < -0.3 is 0 Å². The normalized spacial score (nSPS) is 26.2. The van der Waals surface area contributed by atoms with E-state index in [1.165, 1.54) is 17.3 Å². The number of nitrogens with zero attached hydrogens (tertiary/aromatic N) is 3. The van der Waals surface area contributed by atoms with Gasteiger partial charge in [-0.1, -0.05) is 0 Å². The molecule has 1 aromatic rings. The van der Waals surface area contributed by atoms with E-state index < -0.39 is 63.3 Å². The van der Waals surface area contributed by atoms with Gasteiger partial charge in [-0.25, -0.2) is 0 Å². The van der Waals surface area contributed by atoms with E-state index in [9.17, 15) is 0 Å². The summed E-state index contributed by atoms with van der Waals surface area (Å²) in [5.41, 5.74) is 5.86. The minimum absolute atomic E-state index is 0.0312. The Morgan fingerprint density at radius 2 is 1.45 bits per heavy atom. The zero-order valence-electron chi connectivity index (χ0n) is 16.6. The van der Waals surface area contributed by atoms with Gasteiger partial charge in [-0.05, 0) is 0 Å². The van der Waals surface area contributed by atoms with Gasteiger partial charge in [-0.15, -0.1) is 0 Å². The van der Waals surface area contributed by atoms with Crippen molar-refractivity contribution in [3.05, 3.63) is 11.5 Å². The first kappa shape index (κ1) is 41.3. The van der Waals surface area contributed by atoms with Crippen LogP contribution < -0.4 is 36.9 Å². The molecule has 1 aromatic heterocycles. The molecule has 0 bridgehead atoms. The number of aromatic nitrogens is 2. The number of rotatable bonds is 8. The van der Waals surface area contributed by atoms with Crippen LogP contribution in [0.1, 0.15) is 32.3 Å². The Hall–Kier alpha value is 12.1. The maximum absolute atomic E-state index is 5.26. The Balaban J connectivity index is 3.23. The molecule has 0 saturated carbocycles. The van der Waals surface area contributed by atoms with E-state index in [2.05, 4.69) is 236 Å². The zero-order chi connectivity index (χ0) is 25.7. The van der Waals surface area contributed by atoms with Crippen LogP contribution in [0.25, 0.3) is 0 Å². The van der Waals surface area contributed by atoms with E-state index in [1.807, 2.05) is 0 Å². The minimum atomic E-state index is -1.35. The Kier molecular flexibility index (Phi) is 22.8. The number of imidazole rings is 1. The van der Waals surface area contributed by atoms with Crippen LogP contribution in [0.15, 0.2) is 0 Å². The van der Waals surface area contributed by atoms with Gasteiger partial charge in [0.1, 0.15) is 0 Å². The molecule has 0 fully saturated rings. The van der Waals surface area contributed by atoms with E-state index in [1.54, 1.807) is 0 Å². The molecule has 0 spiro atoms. The molecule has 0 amide bonds. The predicted molar refractivity (Wildman–Crippen MR) is 282 cm³/mol. The fourth-order valence-electron chi connectivity index (χ4n) is 2.97. The Labute approximate surface area is 342 Å². The summed E-state index contributed by atoms with van der Waals surface area (Å²) in [6.07, 6.45) is 0. The van der Waals surface area contributed by atoms with Gasteiger partial charge in [0.25, 0.3) is 0 Å². The van der Waals surface area contributed by atoms with Gasteiger partial charge >= 0.3 is 357 Å². The molecule has 2 atom stereocenters. The second-order valence-corrected chi connectivity index (χ2v) is 237. The molecule has 33 heavy (non-hydrogen) atoms. The molecule has 22 heteroatoms. The molecular weight excluding hydrogens is 2470 g/mol. The molecule has 0 radical (unpaired) electrons. The number of hydrogen-bond acceptors (Lipinski definition) is 3. The first-order chi connectivity index (χ1) is 15.1. The fraction of sp³-hybridized carbons (Fsp3) is 0.727. The molecule has 0 saturated heterocycles. The van der Waals surface area contributed by atoms with Crippen molar-refractivity contribution in [3.63, 3.8) is 0 Å². The summed E-state index contributed by atoms with van der Waals surface area (Å²) in [6.45, 7) is 11.8. The van der Waals surface area contributed by atoms with Crippen molar-refractivity contribution in [1.82, 2.24) is 15.0 Å². The van der Waals surface area contributed by atoms with Crippen molar-refractivity contribution in [2.45, 2.75) is 43.3 Å². The van der Waals surface area contributed by atoms with Crippen LogP contribution in [0.2, 0.25) is 0 Å². The molecule has 2 rings (SSSR count). The second kappa shape index (κ2) is 18.2. The number of anilines is 1. The van der Waals surface area contributed by atoms with Crippen LogP contribution >= 0.6 is 249 Å². The number of hydrogen-bond donors (Lipinski definition) is 1. The molecule has 0 aliphatic carbocycles. The van der Waals surface area contributed by atoms with Crippen molar-refractivity contribution >= 4 is 255 Å². The molecular formula is C11H16I18N4-2. The van der Waals surface area contributed by atoms with Crippen molar-refractivity contribution in [1.29, 1.82) is 0 Å². The molecule has 2 unspecified atom stereocenters. The molecule has 1 aliphatic rings. The van der Waals surface area contributed by atoms with E-state index in [-0.39, 0.29) is 18.8 Å². The van der Waals surface area contributed by atoms with Crippen molar-refractivity contribution in [3.8, 4) is 0 Å². The topological polar surface area (TPSA) is 33.1 Å². The number of hydrazine groups is 1. The van der Waals surface area contributed by atoms with Gasteiger partial charge in [-0.3, -0.25) is 0 Å². The first-order valence-electron chi connectivity index (χ1n) is 7.79. The van der Waals surface area contributed by atoms with Crippen LogP contribution in [-0.4, -0.2) is 16.6 Å². The van der Waals surface area contributed by atoms with Crippen molar-refractivity contribution in [2.75, 3.05) is 5.01 Å². The molecule has 208 valence electrons. The van der Waals surface area contributed by atoms with Crippen LogP contribution in [0.3, 0.4) is 0 Å². The average Bonchev–Trinajstić information content (AvgIpc) is 3.03. The van der Waals surface area contributed by atoms with Gasteiger partial charge in [-0.2, -0.15) is 0 Å². The van der Waals surface area contributed by atoms with Crippen molar-refractivity contribution in [2.24, 2.45) is 0 Å². The summed E-state index contributed by atoms with van der Waals surface area (Å²) in [4.78, 5) is 5.26. The van der Waals surface area contributed by atoms with Crippen LogP contribution in [0, 0.1) is 13.8 Å². The van der Waals surface area contributed by atoms with Gasteiger partial charge in [0.15, 0.2) is 0 Å². The van der Waals surface area contributed by atoms with Gasteiger partial charge in [0.2, 0.25) is 0 Å². The number of fused-ring (bicyclic) bond motifs is 1. The Morgan fingerprint density at radius 3 is 1.85 bits per heavy atom. The summed E-state index contributed by atoms with van der Waals surface area (Å²) >= 11 is 25.5. The number of nitrogens with one attached hydrogen (secondary N) is 1. The summed E-state index contributed by atoms with van der Waals surface area (Å²) in [7, 11) is -1.96. The standard InChI is InChI=1S/C11H16I18N4/c1-6-8-32(7(2)30-6)11(26(17)28(19)20,27(18)29(21)23-13)10(24(14)15,25(16)22-12)31-33(8)9(3,4)5/h31H,1-5H3/q-2. The van der Waals surface area contributed by atoms with Gasteiger partial charge in [0, 0.05) is 0 Å². The fourth-order valence-corrected chi connectivity index (χ4v) is 518. The number of halogens is 18. The summed E-state index contributed by atoms with van der Waals surface area (Å²) in [5, 5.41) is 2.63. The third-order valence-corrected chi connectivity index (χ3v) is 432. The molecule has 1 N–H and O–H groups in total. The van der Waals surface area contributed by atoms with Crippen LogP contribution in [0.5, 0.6) is 0 Å². The first-order valence-corrected chi connectivity index (χ1v) is 100. The van der Waals surface area contributed by atoms with Crippen LogP contribution in [0.4, 0.5) is 5.82 Å². The molecule has 1 aliphatic heterocycles. The predicted octanol–water partition coefficient (Wildman–Crippen LogP) is 9.26. The van der Waals surface area contributed by atoms with Gasteiger partial charge in [0.05, 0.1) is 0 Å². The Morgan fingerprint density at radius 1 is 0.909 bits per heavy atom. The second-order valence-electron chi connectivity index (χ2n) is 6.86. The quantitative estimate of drug-likeness (QED) is 0.160. The monoisotopic (exact) mass is 2490 g/mol. The maximum atomic E-state index is 5.26.